The fourth-order valence-corrected chi connectivity index (χ4v) is 3.55. The molecule has 0 atom stereocenters. The quantitative estimate of drug-likeness (QED) is 0.424. The summed E-state index contributed by atoms with van der Waals surface area (Å²) in [5.74, 6) is 0.169. The Bertz CT molecular complexity index is 1060. The lowest BCUT2D eigenvalue weighted by molar-refractivity contribution is 0.376. The number of H-pyrrole nitrogens is 1. The Morgan fingerprint density at radius 2 is 1.74 bits per heavy atom. The van der Waals surface area contributed by atoms with Crippen LogP contribution < -0.4 is 5.73 Å². The fourth-order valence-electron chi connectivity index (χ4n) is 3.55. The third kappa shape index (κ3) is 3.41. The van der Waals surface area contributed by atoms with Crippen molar-refractivity contribution in [3.63, 3.8) is 0 Å². The van der Waals surface area contributed by atoms with E-state index in [1.807, 2.05) is 48.7 Å². The second kappa shape index (κ2) is 7.21. The van der Waals surface area contributed by atoms with E-state index in [2.05, 4.69) is 11.1 Å². The fraction of sp³-hybridized carbons (Fsp3) is 0.182. The summed E-state index contributed by atoms with van der Waals surface area (Å²) in [4.78, 5) is 3.26. The molecule has 0 saturated heterocycles. The SMILES string of the molecule is NCCc1c[nH]c2ccc(Cn3c(O)cc(Cc4ccccc4)c3O)cc12. The van der Waals surface area contributed by atoms with E-state index in [0.717, 1.165) is 28.5 Å². The highest BCUT2D eigenvalue weighted by molar-refractivity contribution is 5.84. The molecule has 0 aliphatic rings. The first-order chi connectivity index (χ1) is 13.2. The minimum atomic E-state index is 0.0646. The van der Waals surface area contributed by atoms with Gasteiger partial charge in [0, 0.05) is 35.2 Å². The summed E-state index contributed by atoms with van der Waals surface area (Å²) in [7, 11) is 0. The first kappa shape index (κ1) is 17.2. The number of nitrogens with zero attached hydrogens (tertiary/aromatic N) is 1. The molecular formula is C22H23N3O2. The Morgan fingerprint density at radius 3 is 2.52 bits per heavy atom. The molecule has 0 fully saturated rings. The second-order valence-corrected chi connectivity index (χ2v) is 6.83. The number of hydrogen-bond donors (Lipinski definition) is 4. The van der Waals surface area contributed by atoms with Gasteiger partial charge in [0.2, 0.25) is 0 Å². The molecule has 0 amide bonds. The van der Waals surface area contributed by atoms with E-state index in [4.69, 9.17) is 5.73 Å². The minimum Gasteiger partial charge on any atom is -0.494 e. The Kier molecular flexibility index (Phi) is 4.60. The topological polar surface area (TPSA) is 87.2 Å². The van der Waals surface area contributed by atoms with Crippen molar-refractivity contribution >= 4 is 10.9 Å². The normalized spacial score (nSPS) is 11.3. The first-order valence-corrected chi connectivity index (χ1v) is 9.09. The van der Waals surface area contributed by atoms with Gasteiger partial charge in [-0.15, -0.1) is 0 Å². The summed E-state index contributed by atoms with van der Waals surface area (Å²) in [6, 6.07) is 17.7. The van der Waals surface area contributed by atoms with Crippen LogP contribution in [0.25, 0.3) is 10.9 Å². The molecule has 27 heavy (non-hydrogen) atoms. The van der Waals surface area contributed by atoms with Crippen LogP contribution in [0.5, 0.6) is 11.8 Å². The van der Waals surface area contributed by atoms with Gasteiger partial charge in [0.25, 0.3) is 0 Å². The van der Waals surface area contributed by atoms with Crippen molar-refractivity contribution in [3.05, 3.63) is 83.0 Å². The molecule has 5 nitrogen and oxygen atoms in total. The Hall–Kier alpha value is -3.18. The summed E-state index contributed by atoms with van der Waals surface area (Å²) in [5, 5.41) is 22.1. The zero-order valence-electron chi connectivity index (χ0n) is 15.0. The maximum absolute atomic E-state index is 10.6. The van der Waals surface area contributed by atoms with E-state index in [0.29, 0.717) is 25.1 Å². The smallest absolute Gasteiger partial charge is 0.197 e. The van der Waals surface area contributed by atoms with E-state index in [9.17, 15) is 10.2 Å². The molecule has 0 radical (unpaired) electrons. The summed E-state index contributed by atoms with van der Waals surface area (Å²) < 4.78 is 1.54. The van der Waals surface area contributed by atoms with Crippen LogP contribution in [0.1, 0.15) is 22.3 Å². The van der Waals surface area contributed by atoms with Crippen LogP contribution in [0.2, 0.25) is 0 Å². The van der Waals surface area contributed by atoms with Crippen LogP contribution in [0, 0.1) is 0 Å². The predicted molar refractivity (Wildman–Crippen MR) is 107 cm³/mol. The maximum Gasteiger partial charge on any atom is 0.197 e. The van der Waals surface area contributed by atoms with E-state index in [1.165, 1.54) is 10.1 Å². The highest BCUT2D eigenvalue weighted by Crippen LogP contribution is 2.31. The van der Waals surface area contributed by atoms with Gasteiger partial charge in [0.15, 0.2) is 11.8 Å². The summed E-state index contributed by atoms with van der Waals surface area (Å²) in [5.41, 5.74) is 10.7. The van der Waals surface area contributed by atoms with Crippen LogP contribution in [0.3, 0.4) is 0 Å². The van der Waals surface area contributed by atoms with Crippen LogP contribution >= 0.6 is 0 Å². The van der Waals surface area contributed by atoms with Crippen LogP contribution in [0.4, 0.5) is 0 Å². The molecule has 2 aromatic heterocycles. The number of aromatic amines is 1. The van der Waals surface area contributed by atoms with Crippen molar-refractivity contribution in [2.24, 2.45) is 5.73 Å². The zero-order chi connectivity index (χ0) is 18.8. The standard InChI is InChI=1S/C22H23N3O2/c23-9-8-17-13-24-20-7-6-16(11-19(17)20)14-25-21(26)12-18(22(25)27)10-15-4-2-1-3-5-15/h1-7,11-13,24,26-27H,8-10,14,23H2. The molecule has 2 aromatic carbocycles. The average molecular weight is 361 g/mol. The number of hydrogen-bond acceptors (Lipinski definition) is 3. The Morgan fingerprint density at radius 1 is 0.926 bits per heavy atom. The average Bonchev–Trinajstić information content (AvgIpc) is 3.19. The monoisotopic (exact) mass is 361 g/mol. The highest BCUT2D eigenvalue weighted by atomic mass is 16.3. The van der Waals surface area contributed by atoms with Gasteiger partial charge in [-0.05, 0) is 41.8 Å². The number of nitrogens with one attached hydrogen (secondary N) is 1. The molecule has 138 valence electrons. The van der Waals surface area contributed by atoms with Crippen LogP contribution in [0.15, 0.2) is 60.8 Å². The van der Waals surface area contributed by atoms with Crippen molar-refractivity contribution in [2.75, 3.05) is 6.54 Å². The zero-order valence-corrected chi connectivity index (χ0v) is 15.0. The molecule has 0 aliphatic carbocycles. The predicted octanol–water partition coefficient (Wildman–Crippen LogP) is 3.52. The molecule has 0 saturated carbocycles. The summed E-state index contributed by atoms with van der Waals surface area (Å²) in [6.45, 7) is 0.995. The number of fused-ring (bicyclic) bond motifs is 1. The van der Waals surface area contributed by atoms with Crippen molar-refractivity contribution in [2.45, 2.75) is 19.4 Å². The lowest BCUT2D eigenvalue weighted by Gasteiger charge is -2.09. The van der Waals surface area contributed by atoms with Crippen molar-refractivity contribution in [3.8, 4) is 11.8 Å². The third-order valence-electron chi connectivity index (χ3n) is 4.95. The molecule has 2 heterocycles. The summed E-state index contributed by atoms with van der Waals surface area (Å²) in [6.07, 6.45) is 3.37. The van der Waals surface area contributed by atoms with Crippen molar-refractivity contribution in [1.29, 1.82) is 0 Å². The molecule has 0 bridgehead atoms. The Labute approximate surface area is 157 Å². The van der Waals surface area contributed by atoms with Gasteiger partial charge in [-0.1, -0.05) is 36.4 Å². The molecular weight excluding hydrogens is 338 g/mol. The largest absolute Gasteiger partial charge is 0.494 e. The van der Waals surface area contributed by atoms with Crippen LogP contribution in [-0.4, -0.2) is 26.3 Å². The van der Waals surface area contributed by atoms with Gasteiger partial charge in [0.1, 0.15) is 0 Å². The number of benzene rings is 2. The molecule has 5 N–H and O–H groups in total. The highest BCUT2D eigenvalue weighted by Gasteiger charge is 2.15. The third-order valence-corrected chi connectivity index (χ3v) is 4.95. The molecule has 5 heteroatoms. The Balaban J connectivity index is 1.62. The number of aromatic nitrogens is 2. The maximum atomic E-state index is 10.6. The van der Waals surface area contributed by atoms with Crippen LogP contribution in [-0.2, 0) is 19.4 Å². The van der Waals surface area contributed by atoms with Crippen molar-refractivity contribution in [1.82, 2.24) is 9.55 Å². The number of aromatic hydroxyl groups is 2. The number of rotatable bonds is 6. The van der Waals surface area contributed by atoms with Gasteiger partial charge in [-0.2, -0.15) is 0 Å². The molecule has 0 aliphatic heterocycles. The van der Waals surface area contributed by atoms with E-state index in [-0.39, 0.29) is 11.8 Å². The molecule has 0 spiro atoms. The lowest BCUT2D eigenvalue weighted by atomic mass is 10.1. The minimum absolute atomic E-state index is 0.0646. The van der Waals surface area contributed by atoms with E-state index < -0.39 is 0 Å². The van der Waals surface area contributed by atoms with Gasteiger partial charge in [-0.25, -0.2) is 0 Å². The number of nitrogens with two attached hydrogens (primary N) is 1. The van der Waals surface area contributed by atoms with Gasteiger partial charge in [0.05, 0.1) is 6.54 Å². The lowest BCUT2D eigenvalue weighted by Crippen LogP contribution is -2.02. The summed E-state index contributed by atoms with van der Waals surface area (Å²) >= 11 is 0. The van der Waals surface area contributed by atoms with E-state index >= 15 is 0 Å². The second-order valence-electron chi connectivity index (χ2n) is 6.83. The van der Waals surface area contributed by atoms with Gasteiger partial charge in [-0.3, -0.25) is 4.57 Å². The molecule has 4 aromatic rings. The first-order valence-electron chi connectivity index (χ1n) is 9.09. The van der Waals surface area contributed by atoms with Gasteiger partial charge < -0.3 is 20.9 Å². The molecule has 0 unspecified atom stereocenters. The van der Waals surface area contributed by atoms with Crippen molar-refractivity contribution < 1.29 is 10.2 Å². The van der Waals surface area contributed by atoms with Gasteiger partial charge >= 0.3 is 0 Å². The van der Waals surface area contributed by atoms with E-state index in [1.54, 1.807) is 6.07 Å². The molecule has 4 rings (SSSR count).